The molecule has 0 fully saturated rings. The third kappa shape index (κ3) is 3.44. The first-order valence-electron chi connectivity index (χ1n) is 5.52. The Labute approximate surface area is 104 Å². The minimum Gasteiger partial charge on any atom is -0.507 e. The number of phenolic OH excluding ortho intramolecular Hbond substituents is 1. The molecule has 0 saturated carbocycles. The SMILES string of the molecule is CCNC(=O)C(C)NC(=O)c1cc(F)ccc1O. The van der Waals surface area contributed by atoms with Crippen molar-refractivity contribution in [2.24, 2.45) is 0 Å². The van der Waals surface area contributed by atoms with Crippen molar-refractivity contribution >= 4 is 11.8 Å². The molecule has 3 N–H and O–H groups in total. The number of rotatable bonds is 4. The molecule has 0 bridgehead atoms. The van der Waals surface area contributed by atoms with Crippen LogP contribution in [0.3, 0.4) is 0 Å². The second-order valence-corrected chi connectivity index (χ2v) is 3.75. The summed E-state index contributed by atoms with van der Waals surface area (Å²) in [5.74, 6) is -2.02. The molecule has 0 heterocycles. The van der Waals surface area contributed by atoms with Gasteiger partial charge in [-0.05, 0) is 32.0 Å². The van der Waals surface area contributed by atoms with Gasteiger partial charge >= 0.3 is 0 Å². The van der Waals surface area contributed by atoms with Crippen molar-refractivity contribution in [2.45, 2.75) is 19.9 Å². The molecule has 0 radical (unpaired) electrons. The normalized spacial score (nSPS) is 11.7. The van der Waals surface area contributed by atoms with Gasteiger partial charge in [0.15, 0.2) is 0 Å². The zero-order chi connectivity index (χ0) is 13.7. The largest absolute Gasteiger partial charge is 0.507 e. The van der Waals surface area contributed by atoms with Crippen LogP contribution in [0.1, 0.15) is 24.2 Å². The lowest BCUT2D eigenvalue weighted by Gasteiger charge is -2.13. The summed E-state index contributed by atoms with van der Waals surface area (Å²) < 4.78 is 13.0. The molecule has 1 rings (SSSR count). The first-order valence-corrected chi connectivity index (χ1v) is 5.52. The molecule has 6 heteroatoms. The fraction of sp³-hybridized carbons (Fsp3) is 0.333. The Bertz CT molecular complexity index is 463. The highest BCUT2D eigenvalue weighted by Gasteiger charge is 2.18. The number of likely N-dealkylation sites (N-methyl/N-ethyl adjacent to an activating group) is 1. The van der Waals surface area contributed by atoms with E-state index in [1.54, 1.807) is 6.92 Å². The van der Waals surface area contributed by atoms with Gasteiger partial charge in [-0.15, -0.1) is 0 Å². The third-order valence-electron chi connectivity index (χ3n) is 2.30. The van der Waals surface area contributed by atoms with E-state index in [9.17, 15) is 19.1 Å². The maximum absolute atomic E-state index is 13.0. The molecule has 1 aromatic carbocycles. The first-order chi connectivity index (χ1) is 8.45. The van der Waals surface area contributed by atoms with Crippen LogP contribution in [0.5, 0.6) is 5.75 Å². The number of hydrogen-bond donors (Lipinski definition) is 3. The first kappa shape index (κ1) is 14.0. The van der Waals surface area contributed by atoms with Crippen molar-refractivity contribution in [1.29, 1.82) is 0 Å². The maximum atomic E-state index is 13.0. The molecule has 5 nitrogen and oxygen atoms in total. The van der Waals surface area contributed by atoms with Crippen LogP contribution >= 0.6 is 0 Å². The van der Waals surface area contributed by atoms with E-state index in [1.807, 2.05) is 0 Å². The highest BCUT2D eigenvalue weighted by atomic mass is 19.1. The Hall–Kier alpha value is -2.11. The average Bonchev–Trinajstić information content (AvgIpc) is 2.32. The van der Waals surface area contributed by atoms with Crippen LogP contribution in [-0.4, -0.2) is 29.5 Å². The molecule has 0 aliphatic heterocycles. The molecule has 18 heavy (non-hydrogen) atoms. The van der Waals surface area contributed by atoms with E-state index in [2.05, 4.69) is 10.6 Å². The quantitative estimate of drug-likeness (QED) is 0.743. The summed E-state index contributed by atoms with van der Waals surface area (Å²) in [7, 11) is 0. The number of carbonyl (C=O) groups is 2. The summed E-state index contributed by atoms with van der Waals surface area (Å²) in [6.07, 6.45) is 0. The summed E-state index contributed by atoms with van der Waals surface area (Å²) in [6.45, 7) is 3.70. The molecular weight excluding hydrogens is 239 g/mol. The van der Waals surface area contributed by atoms with Gasteiger partial charge in [0.05, 0.1) is 5.56 Å². The molecular formula is C12H15FN2O3. The van der Waals surface area contributed by atoms with Crippen LogP contribution in [0.25, 0.3) is 0 Å². The van der Waals surface area contributed by atoms with Crippen LogP contribution in [0.15, 0.2) is 18.2 Å². The lowest BCUT2D eigenvalue weighted by molar-refractivity contribution is -0.122. The molecule has 0 aliphatic carbocycles. The van der Waals surface area contributed by atoms with Crippen LogP contribution in [0.4, 0.5) is 4.39 Å². The fourth-order valence-corrected chi connectivity index (χ4v) is 1.36. The molecule has 0 saturated heterocycles. The van der Waals surface area contributed by atoms with E-state index in [0.717, 1.165) is 18.2 Å². The van der Waals surface area contributed by atoms with Crippen LogP contribution in [0.2, 0.25) is 0 Å². The number of amides is 2. The summed E-state index contributed by atoms with van der Waals surface area (Å²) in [4.78, 5) is 23.1. The zero-order valence-corrected chi connectivity index (χ0v) is 10.2. The summed E-state index contributed by atoms with van der Waals surface area (Å²) >= 11 is 0. The van der Waals surface area contributed by atoms with Gasteiger partial charge in [0.2, 0.25) is 5.91 Å². The minimum absolute atomic E-state index is 0.203. The molecule has 1 aromatic rings. The van der Waals surface area contributed by atoms with E-state index in [1.165, 1.54) is 6.92 Å². The molecule has 0 aromatic heterocycles. The van der Waals surface area contributed by atoms with Crippen molar-refractivity contribution in [3.05, 3.63) is 29.6 Å². The maximum Gasteiger partial charge on any atom is 0.255 e. The second kappa shape index (κ2) is 6.00. The van der Waals surface area contributed by atoms with Crippen molar-refractivity contribution in [3.8, 4) is 5.75 Å². The summed E-state index contributed by atoms with van der Waals surface area (Å²) in [5.41, 5.74) is -0.203. The number of phenols is 1. The minimum atomic E-state index is -0.764. The van der Waals surface area contributed by atoms with Gasteiger partial charge in [0, 0.05) is 6.54 Å². The highest BCUT2D eigenvalue weighted by Crippen LogP contribution is 2.17. The Balaban J connectivity index is 2.76. The number of halogens is 1. The predicted molar refractivity (Wildman–Crippen MR) is 63.7 cm³/mol. The standard InChI is InChI=1S/C12H15FN2O3/c1-3-14-11(17)7(2)15-12(18)9-6-8(13)4-5-10(9)16/h4-7,16H,3H2,1-2H3,(H,14,17)(H,15,18). The van der Waals surface area contributed by atoms with Gasteiger partial charge in [-0.2, -0.15) is 0 Å². The van der Waals surface area contributed by atoms with Crippen LogP contribution in [-0.2, 0) is 4.79 Å². The van der Waals surface area contributed by atoms with E-state index in [0.29, 0.717) is 6.54 Å². The molecule has 0 aliphatic rings. The van der Waals surface area contributed by atoms with Crippen molar-refractivity contribution in [3.63, 3.8) is 0 Å². The highest BCUT2D eigenvalue weighted by molar-refractivity contribution is 5.99. The van der Waals surface area contributed by atoms with Crippen molar-refractivity contribution < 1.29 is 19.1 Å². The van der Waals surface area contributed by atoms with E-state index in [-0.39, 0.29) is 17.2 Å². The fourth-order valence-electron chi connectivity index (χ4n) is 1.36. The molecule has 0 spiro atoms. The van der Waals surface area contributed by atoms with Crippen LogP contribution in [0, 0.1) is 5.82 Å². The second-order valence-electron chi connectivity index (χ2n) is 3.75. The van der Waals surface area contributed by atoms with Crippen molar-refractivity contribution in [1.82, 2.24) is 10.6 Å². The van der Waals surface area contributed by atoms with Crippen molar-refractivity contribution in [2.75, 3.05) is 6.54 Å². The monoisotopic (exact) mass is 254 g/mol. The smallest absolute Gasteiger partial charge is 0.255 e. The lowest BCUT2D eigenvalue weighted by atomic mass is 10.1. The number of hydrogen-bond acceptors (Lipinski definition) is 3. The van der Waals surface area contributed by atoms with Gasteiger partial charge < -0.3 is 15.7 Å². The molecule has 98 valence electrons. The number of benzene rings is 1. The van der Waals surface area contributed by atoms with Gasteiger partial charge in [0.25, 0.3) is 5.91 Å². The number of aromatic hydroxyl groups is 1. The molecule has 1 unspecified atom stereocenters. The van der Waals surface area contributed by atoms with Gasteiger partial charge in [-0.1, -0.05) is 0 Å². The van der Waals surface area contributed by atoms with Gasteiger partial charge in [-0.3, -0.25) is 9.59 Å². The average molecular weight is 254 g/mol. The third-order valence-corrected chi connectivity index (χ3v) is 2.30. The Morgan fingerprint density at radius 1 is 1.44 bits per heavy atom. The Kier molecular flexibility index (Phi) is 4.65. The number of carbonyl (C=O) groups excluding carboxylic acids is 2. The zero-order valence-electron chi connectivity index (χ0n) is 10.2. The van der Waals surface area contributed by atoms with E-state index < -0.39 is 17.8 Å². The van der Waals surface area contributed by atoms with Gasteiger partial charge in [0.1, 0.15) is 17.6 Å². The van der Waals surface area contributed by atoms with E-state index >= 15 is 0 Å². The van der Waals surface area contributed by atoms with Crippen LogP contribution < -0.4 is 10.6 Å². The topological polar surface area (TPSA) is 78.4 Å². The molecule has 2 amide bonds. The lowest BCUT2D eigenvalue weighted by Crippen LogP contribution is -2.44. The Morgan fingerprint density at radius 3 is 2.72 bits per heavy atom. The van der Waals surface area contributed by atoms with Gasteiger partial charge in [-0.25, -0.2) is 4.39 Å². The number of nitrogens with one attached hydrogen (secondary N) is 2. The summed E-state index contributed by atoms with van der Waals surface area (Å²) in [5, 5.41) is 14.3. The Morgan fingerprint density at radius 2 is 2.11 bits per heavy atom. The van der Waals surface area contributed by atoms with E-state index in [4.69, 9.17) is 0 Å². The predicted octanol–water partition coefficient (Wildman–Crippen LogP) is 0.786. The summed E-state index contributed by atoms with van der Waals surface area (Å²) in [6, 6.07) is 2.27. The molecule has 1 atom stereocenters.